The molecule has 1 aromatic heterocycles. The van der Waals surface area contributed by atoms with Crippen molar-refractivity contribution in [3.05, 3.63) is 157 Å². The van der Waals surface area contributed by atoms with E-state index in [1.54, 1.807) is 0 Å². The lowest BCUT2D eigenvalue weighted by Gasteiger charge is -2.24. The SMILES string of the molecule is c1ccc2c(c1)COc1cccc(-n3c4ccccc4c4cc(-c5ccc(-c6ccc7ccccc7c6)cc5)ccc43)c1-2. The van der Waals surface area contributed by atoms with Gasteiger partial charge in [-0.3, -0.25) is 0 Å². The zero-order valence-corrected chi connectivity index (χ0v) is 23.5. The van der Waals surface area contributed by atoms with E-state index in [9.17, 15) is 0 Å². The quantitative estimate of drug-likeness (QED) is 0.214. The van der Waals surface area contributed by atoms with Crippen LogP contribution in [-0.2, 0) is 6.61 Å². The average Bonchev–Trinajstić information content (AvgIpc) is 3.41. The molecular weight excluding hydrogens is 522 g/mol. The van der Waals surface area contributed by atoms with Crippen molar-refractivity contribution in [2.75, 3.05) is 0 Å². The number of para-hydroxylation sites is 1. The maximum Gasteiger partial charge on any atom is 0.129 e. The lowest BCUT2D eigenvalue weighted by molar-refractivity contribution is 0.302. The molecule has 0 atom stereocenters. The first-order valence-electron chi connectivity index (χ1n) is 14.8. The number of hydrogen-bond acceptors (Lipinski definition) is 1. The Morgan fingerprint density at radius 3 is 2.02 bits per heavy atom. The van der Waals surface area contributed by atoms with E-state index in [1.165, 1.54) is 66.0 Å². The smallest absolute Gasteiger partial charge is 0.129 e. The van der Waals surface area contributed by atoms with Gasteiger partial charge < -0.3 is 9.30 Å². The van der Waals surface area contributed by atoms with Crippen molar-refractivity contribution in [2.24, 2.45) is 0 Å². The lowest BCUT2D eigenvalue weighted by atomic mass is 9.95. The molecule has 0 N–H and O–H groups in total. The molecule has 7 aromatic carbocycles. The van der Waals surface area contributed by atoms with Crippen LogP contribution in [-0.4, -0.2) is 4.57 Å². The summed E-state index contributed by atoms with van der Waals surface area (Å²) >= 11 is 0. The Balaban J connectivity index is 1.18. The second-order valence-corrected chi connectivity index (χ2v) is 11.3. The monoisotopic (exact) mass is 549 g/mol. The van der Waals surface area contributed by atoms with Gasteiger partial charge in [0.25, 0.3) is 0 Å². The van der Waals surface area contributed by atoms with Crippen LogP contribution < -0.4 is 4.74 Å². The normalized spacial score (nSPS) is 12.3. The summed E-state index contributed by atoms with van der Waals surface area (Å²) in [4.78, 5) is 0. The van der Waals surface area contributed by atoms with Gasteiger partial charge in [0.05, 0.1) is 16.7 Å². The Labute approximate surface area is 250 Å². The topological polar surface area (TPSA) is 14.2 Å². The number of ether oxygens (including phenoxy) is 1. The molecule has 1 aliphatic heterocycles. The third-order valence-electron chi connectivity index (χ3n) is 8.89. The zero-order chi connectivity index (χ0) is 28.3. The van der Waals surface area contributed by atoms with Crippen LogP contribution in [0.2, 0.25) is 0 Å². The molecule has 0 aliphatic carbocycles. The van der Waals surface area contributed by atoms with E-state index < -0.39 is 0 Å². The van der Waals surface area contributed by atoms with E-state index in [1.807, 2.05) is 0 Å². The van der Waals surface area contributed by atoms with Gasteiger partial charge in [0.15, 0.2) is 0 Å². The molecule has 0 amide bonds. The first-order chi connectivity index (χ1) is 21.3. The van der Waals surface area contributed by atoms with Gasteiger partial charge in [-0.1, -0.05) is 115 Å². The summed E-state index contributed by atoms with van der Waals surface area (Å²) in [6, 6.07) is 54.8. The average molecular weight is 550 g/mol. The van der Waals surface area contributed by atoms with Crippen LogP contribution in [0.1, 0.15) is 5.56 Å². The van der Waals surface area contributed by atoms with E-state index in [4.69, 9.17) is 4.74 Å². The van der Waals surface area contributed by atoms with Gasteiger partial charge in [0.1, 0.15) is 12.4 Å². The first-order valence-corrected chi connectivity index (χ1v) is 14.8. The summed E-state index contributed by atoms with van der Waals surface area (Å²) < 4.78 is 8.64. The standard InChI is InChI=1S/C41H27NO/c1-2-9-30-24-31(21-20-27(30)8-1)28-16-18-29(19-17-28)32-22-23-38-36(25-32)35-12-5-6-13-37(35)42(38)39-14-7-15-40-41(39)34-11-4-3-10-33(34)26-43-40/h1-25H,26H2. The summed E-state index contributed by atoms with van der Waals surface area (Å²) in [5.41, 5.74) is 12.0. The third kappa shape index (κ3) is 3.80. The van der Waals surface area contributed by atoms with E-state index in [-0.39, 0.29) is 0 Å². The predicted molar refractivity (Wildman–Crippen MR) is 179 cm³/mol. The van der Waals surface area contributed by atoms with Crippen molar-refractivity contribution >= 4 is 32.6 Å². The Hall–Kier alpha value is -5.60. The number of benzene rings is 7. The Kier molecular flexibility index (Phi) is 5.30. The van der Waals surface area contributed by atoms with E-state index in [0.29, 0.717) is 6.61 Å². The number of aromatic nitrogens is 1. The van der Waals surface area contributed by atoms with Crippen molar-refractivity contribution in [2.45, 2.75) is 6.61 Å². The number of hydrogen-bond donors (Lipinski definition) is 0. The van der Waals surface area contributed by atoms with Crippen molar-refractivity contribution in [3.8, 4) is 44.8 Å². The number of nitrogens with zero attached hydrogens (tertiary/aromatic N) is 1. The highest BCUT2D eigenvalue weighted by Gasteiger charge is 2.23. The third-order valence-corrected chi connectivity index (χ3v) is 8.89. The van der Waals surface area contributed by atoms with Crippen LogP contribution in [0.15, 0.2) is 152 Å². The number of rotatable bonds is 3. The summed E-state index contributed by atoms with van der Waals surface area (Å²) in [5.74, 6) is 0.935. The summed E-state index contributed by atoms with van der Waals surface area (Å²) in [5, 5.41) is 5.02. The molecular formula is C41H27NO. The molecule has 9 rings (SSSR count). The van der Waals surface area contributed by atoms with Crippen LogP contribution >= 0.6 is 0 Å². The molecule has 0 saturated carbocycles. The van der Waals surface area contributed by atoms with Crippen LogP contribution in [0.3, 0.4) is 0 Å². The van der Waals surface area contributed by atoms with E-state index >= 15 is 0 Å². The van der Waals surface area contributed by atoms with E-state index in [0.717, 1.165) is 17.0 Å². The second-order valence-electron chi connectivity index (χ2n) is 11.3. The summed E-state index contributed by atoms with van der Waals surface area (Å²) in [7, 11) is 0. The number of fused-ring (bicyclic) bond motifs is 7. The molecule has 0 bridgehead atoms. The molecule has 202 valence electrons. The van der Waals surface area contributed by atoms with E-state index in [2.05, 4.69) is 156 Å². The van der Waals surface area contributed by atoms with Crippen molar-refractivity contribution in [1.82, 2.24) is 4.57 Å². The Bertz CT molecular complexity index is 2340. The maximum absolute atomic E-state index is 6.24. The van der Waals surface area contributed by atoms with Gasteiger partial charge in [-0.25, -0.2) is 0 Å². The van der Waals surface area contributed by atoms with Crippen molar-refractivity contribution < 1.29 is 4.74 Å². The van der Waals surface area contributed by atoms with Crippen LogP contribution in [0.5, 0.6) is 5.75 Å². The molecule has 8 aromatic rings. The largest absolute Gasteiger partial charge is 0.488 e. The fourth-order valence-corrected chi connectivity index (χ4v) is 6.78. The highest BCUT2D eigenvalue weighted by atomic mass is 16.5. The van der Waals surface area contributed by atoms with Gasteiger partial charge in [-0.15, -0.1) is 0 Å². The lowest BCUT2D eigenvalue weighted by Crippen LogP contribution is -2.08. The molecule has 1 aliphatic rings. The second kappa shape index (κ2) is 9.47. The Morgan fingerprint density at radius 1 is 0.465 bits per heavy atom. The van der Waals surface area contributed by atoms with Gasteiger partial charge in [-0.05, 0) is 80.6 Å². The fraction of sp³-hybridized carbons (Fsp3) is 0.0244. The maximum atomic E-state index is 6.24. The first kappa shape index (κ1) is 24.0. The molecule has 2 heteroatoms. The molecule has 0 saturated heterocycles. The van der Waals surface area contributed by atoms with Crippen molar-refractivity contribution in [1.29, 1.82) is 0 Å². The molecule has 0 fully saturated rings. The van der Waals surface area contributed by atoms with Crippen LogP contribution in [0.25, 0.3) is 71.6 Å². The molecule has 0 spiro atoms. The van der Waals surface area contributed by atoms with Gasteiger partial charge in [0, 0.05) is 16.3 Å². The minimum absolute atomic E-state index is 0.600. The minimum Gasteiger partial charge on any atom is -0.488 e. The molecule has 0 unspecified atom stereocenters. The molecule has 2 heterocycles. The molecule has 0 radical (unpaired) electrons. The highest BCUT2D eigenvalue weighted by Crippen LogP contribution is 2.44. The van der Waals surface area contributed by atoms with Crippen LogP contribution in [0.4, 0.5) is 0 Å². The predicted octanol–water partition coefficient (Wildman–Crippen LogP) is 10.8. The zero-order valence-electron chi connectivity index (χ0n) is 23.5. The minimum atomic E-state index is 0.600. The fourth-order valence-electron chi connectivity index (χ4n) is 6.78. The molecule has 43 heavy (non-hydrogen) atoms. The Morgan fingerprint density at radius 2 is 1.14 bits per heavy atom. The molecule has 2 nitrogen and oxygen atoms in total. The summed E-state index contributed by atoms with van der Waals surface area (Å²) in [6.45, 7) is 0.600. The highest BCUT2D eigenvalue weighted by molar-refractivity contribution is 6.11. The van der Waals surface area contributed by atoms with Gasteiger partial charge >= 0.3 is 0 Å². The van der Waals surface area contributed by atoms with Gasteiger partial charge in [-0.2, -0.15) is 0 Å². The van der Waals surface area contributed by atoms with Gasteiger partial charge in [0.2, 0.25) is 0 Å². The summed E-state index contributed by atoms with van der Waals surface area (Å²) in [6.07, 6.45) is 0. The van der Waals surface area contributed by atoms with Crippen molar-refractivity contribution in [3.63, 3.8) is 0 Å². The van der Waals surface area contributed by atoms with Crippen LogP contribution in [0, 0.1) is 0 Å².